The topological polar surface area (TPSA) is 65.0 Å². The van der Waals surface area contributed by atoms with Crippen molar-refractivity contribution in [2.75, 3.05) is 14.2 Å². The Bertz CT molecular complexity index is 771. The van der Waals surface area contributed by atoms with Crippen LogP contribution in [-0.4, -0.2) is 32.4 Å². The van der Waals surface area contributed by atoms with Crippen molar-refractivity contribution in [1.82, 2.24) is 0 Å². The zero-order chi connectivity index (χ0) is 16.8. The van der Waals surface area contributed by atoms with E-state index in [2.05, 4.69) is 14.5 Å². The maximum Gasteiger partial charge on any atom is 0.338 e. The molecule has 0 N–H and O–H groups in total. The normalized spacial score (nSPS) is 10.6. The molecule has 0 atom stereocenters. The summed E-state index contributed by atoms with van der Waals surface area (Å²) in [6.07, 6.45) is 1.30. The maximum atomic E-state index is 13.6. The summed E-state index contributed by atoms with van der Waals surface area (Å²) in [6, 6.07) is 10.3. The van der Waals surface area contributed by atoms with Crippen LogP contribution in [0.15, 0.2) is 47.5 Å². The van der Waals surface area contributed by atoms with Crippen molar-refractivity contribution >= 4 is 23.8 Å². The number of ether oxygens (including phenoxy) is 2. The lowest BCUT2D eigenvalue weighted by Crippen LogP contribution is -2.08. The first-order chi connectivity index (χ1) is 11.1. The Morgan fingerprint density at radius 3 is 2.39 bits per heavy atom. The number of halogens is 1. The average Bonchev–Trinajstić information content (AvgIpc) is 2.59. The van der Waals surface area contributed by atoms with Crippen LogP contribution in [0.2, 0.25) is 0 Å². The number of para-hydroxylation sites is 1. The van der Waals surface area contributed by atoms with E-state index in [0.29, 0.717) is 5.56 Å². The highest BCUT2D eigenvalue weighted by Gasteiger charge is 2.14. The van der Waals surface area contributed by atoms with Gasteiger partial charge in [-0.3, -0.25) is 4.99 Å². The molecule has 0 unspecified atom stereocenters. The second-order valence-electron chi connectivity index (χ2n) is 4.49. The van der Waals surface area contributed by atoms with Gasteiger partial charge in [0.05, 0.1) is 31.0 Å². The van der Waals surface area contributed by atoms with Crippen molar-refractivity contribution in [3.05, 3.63) is 65.0 Å². The molecule has 0 fully saturated rings. The number of aliphatic imine (C=N–C) groups is 1. The summed E-state index contributed by atoms with van der Waals surface area (Å²) in [4.78, 5) is 27.4. The quantitative estimate of drug-likeness (QED) is 0.642. The number of benzene rings is 2. The minimum atomic E-state index is -0.587. The predicted molar refractivity (Wildman–Crippen MR) is 82.8 cm³/mol. The molecular formula is C17H14FNO4. The fraction of sp³-hybridized carbons (Fsp3) is 0.118. The fourth-order valence-corrected chi connectivity index (χ4v) is 1.91. The van der Waals surface area contributed by atoms with E-state index in [1.165, 1.54) is 50.8 Å². The highest BCUT2D eigenvalue weighted by atomic mass is 19.1. The number of nitrogens with zero attached hydrogens (tertiary/aromatic N) is 1. The van der Waals surface area contributed by atoms with E-state index in [1.807, 2.05) is 0 Å². The van der Waals surface area contributed by atoms with Gasteiger partial charge in [-0.05, 0) is 30.3 Å². The molecule has 23 heavy (non-hydrogen) atoms. The summed E-state index contributed by atoms with van der Waals surface area (Å²) in [7, 11) is 2.50. The zero-order valence-electron chi connectivity index (χ0n) is 12.6. The van der Waals surface area contributed by atoms with Crippen LogP contribution in [0.3, 0.4) is 0 Å². The highest BCUT2D eigenvalue weighted by molar-refractivity contribution is 6.02. The molecule has 0 amide bonds. The van der Waals surface area contributed by atoms with E-state index in [4.69, 9.17) is 0 Å². The van der Waals surface area contributed by atoms with Gasteiger partial charge >= 0.3 is 11.9 Å². The van der Waals surface area contributed by atoms with Crippen molar-refractivity contribution < 1.29 is 23.5 Å². The predicted octanol–water partition coefficient (Wildman–Crippen LogP) is 3.15. The Labute approximate surface area is 132 Å². The number of carbonyl (C=O) groups is 2. The number of esters is 2. The Morgan fingerprint density at radius 2 is 1.74 bits per heavy atom. The summed E-state index contributed by atoms with van der Waals surface area (Å²) < 4.78 is 22.9. The fourth-order valence-electron chi connectivity index (χ4n) is 1.91. The van der Waals surface area contributed by atoms with Crippen molar-refractivity contribution in [3.8, 4) is 0 Å². The number of carbonyl (C=O) groups excluding carboxylic acids is 2. The van der Waals surface area contributed by atoms with Gasteiger partial charge in [-0.2, -0.15) is 0 Å². The van der Waals surface area contributed by atoms with Gasteiger partial charge in [0.1, 0.15) is 5.82 Å². The van der Waals surface area contributed by atoms with Gasteiger partial charge in [0.15, 0.2) is 0 Å². The number of methoxy groups -OCH3 is 2. The van der Waals surface area contributed by atoms with E-state index in [1.54, 1.807) is 12.1 Å². The Balaban J connectivity index is 2.47. The highest BCUT2D eigenvalue weighted by Crippen LogP contribution is 2.18. The van der Waals surface area contributed by atoms with Crippen LogP contribution in [0.5, 0.6) is 0 Å². The van der Waals surface area contributed by atoms with Gasteiger partial charge < -0.3 is 9.47 Å². The summed E-state index contributed by atoms with van der Waals surface area (Å²) >= 11 is 0. The maximum absolute atomic E-state index is 13.6. The largest absolute Gasteiger partial charge is 0.465 e. The van der Waals surface area contributed by atoms with Crippen LogP contribution < -0.4 is 0 Å². The summed E-state index contributed by atoms with van der Waals surface area (Å²) in [5.41, 5.74) is 0.894. The molecule has 0 aliphatic heterocycles. The molecule has 0 spiro atoms. The van der Waals surface area contributed by atoms with Crippen LogP contribution in [0, 0.1) is 5.82 Å². The third-order valence-corrected chi connectivity index (χ3v) is 3.07. The lowest BCUT2D eigenvalue weighted by molar-refractivity contribution is 0.0586. The molecule has 5 nitrogen and oxygen atoms in total. The van der Waals surface area contributed by atoms with Crippen LogP contribution in [-0.2, 0) is 9.47 Å². The average molecular weight is 315 g/mol. The number of hydrogen-bond acceptors (Lipinski definition) is 5. The molecule has 2 aromatic rings. The monoisotopic (exact) mass is 315 g/mol. The van der Waals surface area contributed by atoms with E-state index in [9.17, 15) is 14.0 Å². The third-order valence-electron chi connectivity index (χ3n) is 3.07. The summed E-state index contributed by atoms with van der Waals surface area (Å²) in [6.45, 7) is 0. The van der Waals surface area contributed by atoms with Crippen LogP contribution in [0.4, 0.5) is 10.1 Å². The third kappa shape index (κ3) is 3.79. The molecule has 6 heteroatoms. The minimum absolute atomic E-state index is 0.117. The molecule has 2 rings (SSSR count). The van der Waals surface area contributed by atoms with Crippen LogP contribution in [0.1, 0.15) is 26.3 Å². The van der Waals surface area contributed by atoms with E-state index >= 15 is 0 Å². The summed E-state index contributed by atoms with van der Waals surface area (Å²) in [5, 5.41) is 0. The molecule has 0 bridgehead atoms. The first kappa shape index (κ1) is 16.4. The van der Waals surface area contributed by atoms with E-state index in [-0.39, 0.29) is 16.8 Å². The minimum Gasteiger partial charge on any atom is -0.465 e. The molecule has 0 aliphatic carbocycles. The SMILES string of the molecule is COC(=O)c1ccc(C(=O)OC)c(/C=N/c2ccccc2F)c1. The lowest BCUT2D eigenvalue weighted by atomic mass is 10.0. The Kier molecular flexibility index (Phi) is 5.19. The second kappa shape index (κ2) is 7.31. The molecule has 0 saturated carbocycles. The van der Waals surface area contributed by atoms with Gasteiger partial charge in [-0.1, -0.05) is 12.1 Å². The van der Waals surface area contributed by atoms with Crippen LogP contribution in [0.25, 0.3) is 0 Å². The molecule has 0 aromatic heterocycles. The van der Waals surface area contributed by atoms with Gasteiger partial charge in [0.2, 0.25) is 0 Å². The molecule has 0 aliphatic rings. The first-order valence-electron chi connectivity index (χ1n) is 6.66. The molecular weight excluding hydrogens is 301 g/mol. The molecule has 2 aromatic carbocycles. The first-order valence-corrected chi connectivity index (χ1v) is 6.66. The zero-order valence-corrected chi connectivity index (χ0v) is 12.6. The van der Waals surface area contributed by atoms with Crippen molar-refractivity contribution in [1.29, 1.82) is 0 Å². The lowest BCUT2D eigenvalue weighted by Gasteiger charge is -2.06. The molecule has 0 radical (unpaired) electrons. The second-order valence-corrected chi connectivity index (χ2v) is 4.49. The Hall–Kier alpha value is -3.02. The van der Waals surface area contributed by atoms with E-state index < -0.39 is 17.8 Å². The van der Waals surface area contributed by atoms with Gasteiger partial charge in [0, 0.05) is 11.8 Å². The smallest absolute Gasteiger partial charge is 0.338 e. The van der Waals surface area contributed by atoms with Gasteiger partial charge in [-0.25, -0.2) is 14.0 Å². The standard InChI is InChI=1S/C17H14FNO4/c1-22-16(20)11-7-8-13(17(21)23-2)12(9-11)10-19-15-6-4-3-5-14(15)18/h3-10H,1-2H3/b19-10+. The molecule has 118 valence electrons. The molecule has 0 heterocycles. The van der Waals surface area contributed by atoms with Crippen molar-refractivity contribution in [2.45, 2.75) is 0 Å². The van der Waals surface area contributed by atoms with Crippen LogP contribution >= 0.6 is 0 Å². The Morgan fingerprint density at radius 1 is 1.04 bits per heavy atom. The summed E-state index contributed by atoms with van der Waals surface area (Å²) in [5.74, 6) is -1.63. The van der Waals surface area contributed by atoms with Gasteiger partial charge in [0.25, 0.3) is 0 Å². The van der Waals surface area contributed by atoms with Crippen molar-refractivity contribution in [3.63, 3.8) is 0 Å². The van der Waals surface area contributed by atoms with Gasteiger partial charge in [-0.15, -0.1) is 0 Å². The number of rotatable bonds is 4. The number of hydrogen-bond donors (Lipinski definition) is 0. The van der Waals surface area contributed by atoms with E-state index in [0.717, 1.165) is 0 Å². The van der Waals surface area contributed by atoms with Crippen molar-refractivity contribution in [2.24, 2.45) is 4.99 Å². The molecule has 0 saturated heterocycles.